The minimum absolute atomic E-state index is 0.230. The van der Waals surface area contributed by atoms with E-state index in [0.29, 0.717) is 5.56 Å². The van der Waals surface area contributed by atoms with Crippen molar-refractivity contribution in [1.82, 2.24) is 19.9 Å². The molecule has 0 aliphatic heterocycles. The molecule has 3 rings (SSSR count). The molecule has 5 nitrogen and oxygen atoms in total. The van der Waals surface area contributed by atoms with Crippen LogP contribution in [0.4, 0.5) is 0 Å². The first-order valence-electron chi connectivity index (χ1n) is 7.10. The Kier molecular flexibility index (Phi) is 4.39. The third-order valence-electron chi connectivity index (χ3n) is 3.51. The van der Waals surface area contributed by atoms with E-state index in [9.17, 15) is 4.79 Å². The summed E-state index contributed by atoms with van der Waals surface area (Å²) in [6, 6.07) is 12.5. The second-order valence-electron chi connectivity index (χ2n) is 5.08. The van der Waals surface area contributed by atoms with Crippen molar-refractivity contribution < 1.29 is 4.79 Å². The molecule has 0 fully saturated rings. The minimum atomic E-state index is -0.351. The van der Waals surface area contributed by atoms with Gasteiger partial charge in [-0.3, -0.25) is 4.79 Å². The summed E-state index contributed by atoms with van der Waals surface area (Å²) < 4.78 is 1.89. The molecular weight excluding hydrogens is 312 g/mol. The van der Waals surface area contributed by atoms with Gasteiger partial charge < -0.3 is 9.88 Å². The largest absolute Gasteiger partial charge is 0.338 e. The van der Waals surface area contributed by atoms with Gasteiger partial charge >= 0.3 is 0 Å². The predicted molar refractivity (Wildman–Crippen MR) is 88.2 cm³/mol. The normalized spacial score (nSPS) is 11.9. The van der Waals surface area contributed by atoms with Crippen LogP contribution in [0.5, 0.6) is 0 Å². The number of hydrogen-bond acceptors (Lipinski definition) is 3. The van der Waals surface area contributed by atoms with Gasteiger partial charge in [0.05, 0.1) is 0 Å². The number of aromatic nitrogens is 3. The van der Waals surface area contributed by atoms with E-state index in [2.05, 4.69) is 15.3 Å². The van der Waals surface area contributed by atoms with Crippen molar-refractivity contribution in [2.45, 2.75) is 6.04 Å². The number of amides is 1. The van der Waals surface area contributed by atoms with Crippen LogP contribution in [-0.4, -0.2) is 20.4 Å². The van der Waals surface area contributed by atoms with Crippen molar-refractivity contribution >= 4 is 17.5 Å². The van der Waals surface area contributed by atoms with E-state index in [0.717, 1.165) is 11.4 Å². The summed E-state index contributed by atoms with van der Waals surface area (Å²) in [7, 11) is 1.90. The van der Waals surface area contributed by atoms with Crippen LogP contribution < -0.4 is 5.32 Å². The monoisotopic (exact) mass is 326 g/mol. The average Bonchev–Trinajstić information content (AvgIpc) is 2.99. The number of pyridine rings is 1. The van der Waals surface area contributed by atoms with E-state index in [1.807, 2.05) is 48.1 Å². The number of carbonyl (C=O) groups is 1. The van der Waals surface area contributed by atoms with Gasteiger partial charge in [0, 0.05) is 31.2 Å². The van der Waals surface area contributed by atoms with E-state index in [1.165, 1.54) is 12.3 Å². The van der Waals surface area contributed by atoms with Crippen molar-refractivity contribution in [1.29, 1.82) is 0 Å². The van der Waals surface area contributed by atoms with Gasteiger partial charge in [-0.05, 0) is 17.7 Å². The summed E-state index contributed by atoms with van der Waals surface area (Å²) in [4.78, 5) is 20.8. The van der Waals surface area contributed by atoms with Crippen molar-refractivity contribution in [3.63, 3.8) is 0 Å². The molecule has 116 valence electrons. The Morgan fingerprint density at radius 2 is 1.96 bits per heavy atom. The smallest absolute Gasteiger partial charge is 0.252 e. The summed E-state index contributed by atoms with van der Waals surface area (Å²) in [5.41, 5.74) is 1.41. The number of hydrogen-bond donors (Lipinski definition) is 1. The first kappa shape index (κ1) is 15.2. The second kappa shape index (κ2) is 6.62. The molecule has 0 aliphatic rings. The van der Waals surface area contributed by atoms with Crippen LogP contribution in [0, 0.1) is 0 Å². The second-order valence-corrected chi connectivity index (χ2v) is 5.47. The maximum absolute atomic E-state index is 12.6. The molecule has 0 spiro atoms. The fourth-order valence-corrected chi connectivity index (χ4v) is 2.53. The lowest BCUT2D eigenvalue weighted by Gasteiger charge is -2.19. The maximum atomic E-state index is 12.6. The number of carbonyl (C=O) groups excluding carboxylic acids is 1. The first-order chi connectivity index (χ1) is 11.1. The molecule has 2 aromatic heterocycles. The SMILES string of the molecule is Cn1ccnc1C(NC(=O)c1ccnc(Cl)c1)c1ccccc1. The quantitative estimate of drug-likeness (QED) is 0.750. The number of rotatable bonds is 4. The van der Waals surface area contributed by atoms with Crippen LogP contribution in [0.1, 0.15) is 27.8 Å². The molecule has 1 atom stereocenters. The van der Waals surface area contributed by atoms with Gasteiger partial charge in [0.25, 0.3) is 5.91 Å². The molecule has 6 heteroatoms. The molecule has 23 heavy (non-hydrogen) atoms. The summed E-state index contributed by atoms with van der Waals surface area (Å²) in [6.07, 6.45) is 5.07. The number of benzene rings is 1. The summed E-state index contributed by atoms with van der Waals surface area (Å²) >= 11 is 5.86. The Bertz CT molecular complexity index is 816. The standard InChI is InChI=1S/C17H15ClN4O/c1-22-10-9-20-16(22)15(12-5-3-2-4-6-12)21-17(23)13-7-8-19-14(18)11-13/h2-11,15H,1H3,(H,21,23). The fourth-order valence-electron chi connectivity index (χ4n) is 2.36. The highest BCUT2D eigenvalue weighted by Gasteiger charge is 2.21. The van der Waals surface area contributed by atoms with Crippen molar-refractivity contribution in [3.8, 4) is 0 Å². The van der Waals surface area contributed by atoms with Gasteiger partial charge in [0.1, 0.15) is 17.0 Å². The van der Waals surface area contributed by atoms with Crippen molar-refractivity contribution in [3.05, 3.63) is 83.2 Å². The molecule has 0 radical (unpaired) electrons. The number of halogens is 1. The van der Waals surface area contributed by atoms with Crippen LogP contribution in [0.25, 0.3) is 0 Å². The highest BCUT2D eigenvalue weighted by molar-refractivity contribution is 6.29. The molecule has 1 aromatic carbocycles. The van der Waals surface area contributed by atoms with Gasteiger partial charge in [-0.2, -0.15) is 0 Å². The first-order valence-corrected chi connectivity index (χ1v) is 7.47. The highest BCUT2D eigenvalue weighted by Crippen LogP contribution is 2.21. The lowest BCUT2D eigenvalue weighted by molar-refractivity contribution is 0.0941. The topological polar surface area (TPSA) is 59.8 Å². The van der Waals surface area contributed by atoms with Gasteiger partial charge in [-0.15, -0.1) is 0 Å². The van der Waals surface area contributed by atoms with Gasteiger partial charge in [-0.1, -0.05) is 41.9 Å². The zero-order valence-corrected chi connectivity index (χ0v) is 13.2. The molecule has 0 saturated carbocycles. The Morgan fingerprint density at radius 1 is 1.17 bits per heavy atom. The van der Waals surface area contributed by atoms with E-state index in [1.54, 1.807) is 12.3 Å². The van der Waals surface area contributed by atoms with Crippen molar-refractivity contribution in [2.24, 2.45) is 7.05 Å². The van der Waals surface area contributed by atoms with Gasteiger partial charge in [0.2, 0.25) is 0 Å². The van der Waals surface area contributed by atoms with E-state index < -0.39 is 0 Å². The molecule has 0 saturated heterocycles. The Morgan fingerprint density at radius 3 is 2.61 bits per heavy atom. The Labute approximate surface area is 139 Å². The van der Waals surface area contributed by atoms with Crippen LogP contribution >= 0.6 is 11.6 Å². The number of nitrogens with one attached hydrogen (secondary N) is 1. The zero-order chi connectivity index (χ0) is 16.2. The third-order valence-corrected chi connectivity index (χ3v) is 3.72. The molecule has 3 aromatic rings. The van der Waals surface area contributed by atoms with Crippen LogP contribution in [-0.2, 0) is 7.05 Å². The molecule has 2 heterocycles. The minimum Gasteiger partial charge on any atom is -0.338 e. The molecule has 1 amide bonds. The summed E-state index contributed by atoms with van der Waals surface area (Å²) in [6.45, 7) is 0. The summed E-state index contributed by atoms with van der Waals surface area (Å²) in [5, 5.41) is 3.29. The molecule has 0 aliphatic carbocycles. The zero-order valence-electron chi connectivity index (χ0n) is 12.5. The van der Waals surface area contributed by atoms with Crippen LogP contribution in [0.2, 0.25) is 5.15 Å². The van der Waals surface area contributed by atoms with Crippen LogP contribution in [0.3, 0.4) is 0 Å². The van der Waals surface area contributed by atoms with E-state index >= 15 is 0 Å². The Hall–Kier alpha value is -2.66. The Balaban J connectivity index is 1.94. The summed E-state index contributed by atoms with van der Waals surface area (Å²) in [5.74, 6) is 0.524. The average molecular weight is 327 g/mol. The molecule has 0 bridgehead atoms. The third kappa shape index (κ3) is 3.40. The highest BCUT2D eigenvalue weighted by atomic mass is 35.5. The number of aryl methyl sites for hydroxylation is 1. The maximum Gasteiger partial charge on any atom is 0.252 e. The lowest BCUT2D eigenvalue weighted by atomic mass is 10.1. The van der Waals surface area contributed by atoms with E-state index in [-0.39, 0.29) is 17.1 Å². The molecular formula is C17H15ClN4O. The van der Waals surface area contributed by atoms with E-state index in [4.69, 9.17) is 11.6 Å². The van der Waals surface area contributed by atoms with Crippen molar-refractivity contribution in [2.75, 3.05) is 0 Å². The van der Waals surface area contributed by atoms with Gasteiger partial charge in [-0.25, -0.2) is 9.97 Å². The lowest BCUT2D eigenvalue weighted by Crippen LogP contribution is -2.31. The molecule has 1 unspecified atom stereocenters. The fraction of sp³-hybridized carbons (Fsp3) is 0.118. The number of nitrogens with zero attached hydrogens (tertiary/aromatic N) is 3. The van der Waals surface area contributed by atoms with Gasteiger partial charge in [0.15, 0.2) is 0 Å². The molecule has 1 N–H and O–H groups in total. The number of imidazole rings is 1. The van der Waals surface area contributed by atoms with Crippen LogP contribution in [0.15, 0.2) is 61.1 Å². The predicted octanol–water partition coefficient (Wildman–Crippen LogP) is 2.99.